The number of aryl methyl sites for hydroxylation is 1. The number of carbonyl (C=O) groups is 2. The first-order valence-electron chi connectivity index (χ1n) is 7.80. The zero-order valence-electron chi connectivity index (χ0n) is 12.6. The van der Waals surface area contributed by atoms with Gasteiger partial charge in [-0.1, -0.05) is 18.2 Å². The van der Waals surface area contributed by atoms with E-state index in [1.54, 1.807) is 19.1 Å². The molecule has 2 amide bonds. The molecule has 4 atom stereocenters. The summed E-state index contributed by atoms with van der Waals surface area (Å²) in [5, 5.41) is 11.1. The van der Waals surface area contributed by atoms with Crippen LogP contribution in [-0.4, -0.2) is 16.7 Å². The molecule has 1 heterocycles. The molecule has 0 aromatic heterocycles. The number of anilines is 1. The van der Waals surface area contributed by atoms with E-state index in [-0.39, 0.29) is 41.2 Å². The number of fused-ring (bicyclic) bond motifs is 1. The molecule has 0 radical (unpaired) electrons. The van der Waals surface area contributed by atoms with E-state index in [1.165, 1.54) is 11.0 Å². The van der Waals surface area contributed by atoms with Crippen molar-refractivity contribution in [1.29, 1.82) is 0 Å². The maximum Gasteiger partial charge on any atom is 0.274 e. The van der Waals surface area contributed by atoms with Crippen LogP contribution >= 0.6 is 0 Å². The Kier molecular flexibility index (Phi) is 2.91. The molecule has 1 saturated carbocycles. The van der Waals surface area contributed by atoms with Crippen LogP contribution < -0.4 is 4.90 Å². The molecule has 6 heteroatoms. The van der Waals surface area contributed by atoms with Crippen LogP contribution in [0.5, 0.6) is 0 Å². The zero-order valence-corrected chi connectivity index (χ0v) is 12.6. The van der Waals surface area contributed by atoms with Crippen LogP contribution in [0, 0.1) is 40.7 Å². The van der Waals surface area contributed by atoms with Gasteiger partial charge in [-0.3, -0.25) is 19.7 Å². The van der Waals surface area contributed by atoms with Crippen molar-refractivity contribution in [3.8, 4) is 0 Å². The van der Waals surface area contributed by atoms with Crippen LogP contribution in [0.1, 0.15) is 18.4 Å². The second kappa shape index (κ2) is 4.75. The predicted octanol–water partition coefficient (Wildman–Crippen LogP) is 2.60. The smallest absolute Gasteiger partial charge is 0.274 e. The third kappa shape index (κ3) is 1.87. The summed E-state index contributed by atoms with van der Waals surface area (Å²) in [7, 11) is 0. The van der Waals surface area contributed by atoms with E-state index >= 15 is 0 Å². The van der Waals surface area contributed by atoms with Gasteiger partial charge in [-0.15, -0.1) is 0 Å². The zero-order chi connectivity index (χ0) is 16.3. The minimum Gasteiger partial charge on any atom is -0.274 e. The molecule has 6 nitrogen and oxygen atoms in total. The molecule has 1 aliphatic heterocycles. The van der Waals surface area contributed by atoms with Gasteiger partial charge in [0.2, 0.25) is 11.8 Å². The quantitative estimate of drug-likeness (QED) is 0.364. The fourth-order valence-corrected chi connectivity index (χ4v) is 4.26. The number of imide groups is 1. The van der Waals surface area contributed by atoms with E-state index in [0.29, 0.717) is 11.3 Å². The first-order chi connectivity index (χ1) is 11.0. The Bertz CT molecular complexity index is 738. The van der Waals surface area contributed by atoms with Crippen molar-refractivity contribution in [1.82, 2.24) is 0 Å². The summed E-state index contributed by atoms with van der Waals surface area (Å²) in [5.74, 6) is -0.786. The number of carbonyl (C=O) groups excluding carboxylic acids is 2. The third-order valence-electron chi connectivity index (χ3n) is 5.41. The number of nitro benzene ring substituents is 1. The van der Waals surface area contributed by atoms with Crippen molar-refractivity contribution in [2.75, 3.05) is 4.90 Å². The van der Waals surface area contributed by atoms with Gasteiger partial charge in [-0.05, 0) is 37.7 Å². The summed E-state index contributed by atoms with van der Waals surface area (Å²) < 4.78 is 0. The SMILES string of the molecule is Cc1ccc(N2C(=O)[C@H]3[C@H](C2=O)[C@H]2C=C[C@H]3CC2)cc1[N+](=O)[O-]. The lowest BCUT2D eigenvalue weighted by Crippen LogP contribution is -2.38. The molecule has 1 aromatic rings. The Morgan fingerprint density at radius 1 is 1.09 bits per heavy atom. The maximum atomic E-state index is 12.8. The minimum absolute atomic E-state index is 0.0703. The number of rotatable bonds is 2. The van der Waals surface area contributed by atoms with Crippen molar-refractivity contribution in [3.63, 3.8) is 0 Å². The van der Waals surface area contributed by atoms with Gasteiger partial charge >= 0.3 is 0 Å². The molecule has 3 aliphatic carbocycles. The Labute approximate surface area is 132 Å². The topological polar surface area (TPSA) is 80.5 Å². The lowest BCUT2D eigenvalue weighted by Gasteiger charge is -2.38. The molecule has 0 N–H and O–H groups in total. The summed E-state index contributed by atoms with van der Waals surface area (Å²) in [5.41, 5.74) is 0.752. The van der Waals surface area contributed by atoms with E-state index in [4.69, 9.17) is 0 Å². The first-order valence-corrected chi connectivity index (χ1v) is 7.80. The first kappa shape index (κ1) is 14.1. The number of nitrogens with zero attached hydrogens (tertiary/aromatic N) is 2. The van der Waals surface area contributed by atoms with Crippen molar-refractivity contribution in [2.45, 2.75) is 19.8 Å². The van der Waals surface area contributed by atoms with Gasteiger partial charge in [0.1, 0.15) is 0 Å². The molecule has 2 fully saturated rings. The van der Waals surface area contributed by atoms with Crippen LogP contribution in [0.4, 0.5) is 11.4 Å². The molecule has 2 bridgehead atoms. The standard InChI is InChI=1S/C17H16N2O4/c1-9-2-7-12(8-13(9)19(22)23)18-16(20)14-10-3-4-11(6-5-10)15(14)17(18)21/h2-4,7-8,10-11,14-15H,5-6H2,1H3/t10-,11-,14+,15+/m0/s1. The van der Waals surface area contributed by atoms with E-state index < -0.39 is 4.92 Å². The molecular weight excluding hydrogens is 296 g/mol. The van der Waals surface area contributed by atoms with Gasteiger partial charge in [0, 0.05) is 11.6 Å². The summed E-state index contributed by atoms with van der Waals surface area (Å²) in [6.45, 7) is 1.64. The Hall–Kier alpha value is -2.50. The average Bonchev–Trinajstić information content (AvgIpc) is 2.83. The van der Waals surface area contributed by atoms with Gasteiger partial charge < -0.3 is 0 Å². The number of hydrogen-bond donors (Lipinski definition) is 0. The largest absolute Gasteiger partial charge is 0.274 e. The molecule has 0 spiro atoms. The molecule has 1 aromatic carbocycles. The van der Waals surface area contributed by atoms with Crippen molar-refractivity contribution >= 4 is 23.2 Å². The van der Waals surface area contributed by atoms with Crippen molar-refractivity contribution in [2.24, 2.45) is 23.7 Å². The molecular formula is C17H16N2O4. The lowest BCUT2D eigenvalue weighted by atomic mass is 9.63. The summed E-state index contributed by atoms with van der Waals surface area (Å²) in [4.78, 5) is 37.4. The molecule has 1 saturated heterocycles. The summed E-state index contributed by atoms with van der Waals surface area (Å²) >= 11 is 0. The fourth-order valence-electron chi connectivity index (χ4n) is 4.26. The summed E-state index contributed by atoms with van der Waals surface area (Å²) in [6, 6.07) is 4.53. The van der Waals surface area contributed by atoms with Gasteiger partial charge in [0.25, 0.3) is 5.69 Å². The summed E-state index contributed by atoms with van der Waals surface area (Å²) in [6.07, 6.45) is 5.98. The Morgan fingerprint density at radius 3 is 2.13 bits per heavy atom. The van der Waals surface area contributed by atoms with E-state index in [0.717, 1.165) is 12.8 Å². The predicted molar refractivity (Wildman–Crippen MR) is 82.7 cm³/mol. The highest BCUT2D eigenvalue weighted by Gasteiger charge is 2.56. The third-order valence-corrected chi connectivity index (χ3v) is 5.41. The van der Waals surface area contributed by atoms with Crippen LogP contribution in [0.25, 0.3) is 0 Å². The molecule has 23 heavy (non-hydrogen) atoms. The van der Waals surface area contributed by atoms with Crippen LogP contribution in [-0.2, 0) is 9.59 Å². The van der Waals surface area contributed by atoms with Crippen molar-refractivity contribution < 1.29 is 14.5 Å². The van der Waals surface area contributed by atoms with Crippen molar-refractivity contribution in [3.05, 3.63) is 46.0 Å². The average molecular weight is 312 g/mol. The molecule has 4 aliphatic rings. The number of hydrogen-bond acceptors (Lipinski definition) is 4. The van der Waals surface area contributed by atoms with Gasteiger partial charge in [-0.25, -0.2) is 4.90 Å². The van der Waals surface area contributed by atoms with Crippen LogP contribution in [0.3, 0.4) is 0 Å². The highest BCUT2D eigenvalue weighted by molar-refractivity contribution is 6.22. The van der Waals surface area contributed by atoms with Gasteiger partial charge in [0.15, 0.2) is 0 Å². The van der Waals surface area contributed by atoms with E-state index in [9.17, 15) is 19.7 Å². The monoisotopic (exact) mass is 312 g/mol. The van der Waals surface area contributed by atoms with Gasteiger partial charge in [0.05, 0.1) is 22.4 Å². The molecule has 0 unspecified atom stereocenters. The number of amides is 2. The van der Waals surface area contributed by atoms with Crippen LogP contribution in [0.15, 0.2) is 30.4 Å². The molecule has 5 rings (SSSR count). The lowest BCUT2D eigenvalue weighted by molar-refractivity contribution is -0.385. The second-order valence-electron chi connectivity index (χ2n) is 6.58. The number of allylic oxidation sites excluding steroid dienone is 2. The van der Waals surface area contributed by atoms with E-state index in [2.05, 4.69) is 12.2 Å². The normalized spacial score (nSPS) is 31.6. The second-order valence-corrected chi connectivity index (χ2v) is 6.58. The number of benzene rings is 1. The fraction of sp³-hybridized carbons (Fsp3) is 0.412. The Balaban J connectivity index is 1.76. The Morgan fingerprint density at radius 2 is 1.65 bits per heavy atom. The molecule has 118 valence electrons. The number of nitro groups is 1. The van der Waals surface area contributed by atoms with E-state index in [1.807, 2.05) is 0 Å². The maximum absolute atomic E-state index is 12.8. The van der Waals surface area contributed by atoms with Gasteiger partial charge in [-0.2, -0.15) is 0 Å². The highest BCUT2D eigenvalue weighted by Crippen LogP contribution is 2.50. The minimum atomic E-state index is -0.484. The van der Waals surface area contributed by atoms with Crippen LogP contribution in [0.2, 0.25) is 0 Å². The highest BCUT2D eigenvalue weighted by atomic mass is 16.6.